The molecule has 134 valence electrons. The molecule has 26 heavy (non-hydrogen) atoms. The summed E-state index contributed by atoms with van der Waals surface area (Å²) in [5, 5.41) is 9.89. The molecule has 3 rings (SSSR count). The fraction of sp³-hybridized carbons (Fsp3) is 0.200. The standard InChI is InChI=1S/C20H21N3O2S/c1-22(2)17-10-8-15(9-11-17)14-18-19(25)23(12-13-24)20(26-18)21-16-6-4-3-5-7-16/h3-11,14,24H,12-13H2,1-2H3. The average molecular weight is 367 g/mol. The van der Waals surface area contributed by atoms with Crippen LogP contribution < -0.4 is 4.90 Å². The first-order valence-corrected chi connectivity index (χ1v) is 9.13. The van der Waals surface area contributed by atoms with E-state index in [1.807, 2.05) is 79.7 Å². The van der Waals surface area contributed by atoms with Crippen LogP contribution in [0.15, 0.2) is 64.5 Å². The van der Waals surface area contributed by atoms with Crippen molar-refractivity contribution < 1.29 is 9.90 Å². The highest BCUT2D eigenvalue weighted by Gasteiger charge is 2.32. The number of carbonyl (C=O) groups excluding carboxylic acids is 1. The molecule has 1 heterocycles. The van der Waals surface area contributed by atoms with Crippen LogP contribution in [-0.2, 0) is 4.79 Å². The summed E-state index contributed by atoms with van der Waals surface area (Å²) in [5.74, 6) is -0.129. The van der Waals surface area contributed by atoms with Crippen molar-refractivity contribution in [3.8, 4) is 0 Å². The zero-order chi connectivity index (χ0) is 18.5. The molecule has 1 fully saturated rings. The number of β-amino-alcohol motifs (C(OH)–C–C–N with tert-alkyl or cyclic N) is 1. The number of amidine groups is 1. The Morgan fingerprint density at radius 2 is 1.81 bits per heavy atom. The van der Waals surface area contributed by atoms with E-state index < -0.39 is 0 Å². The molecule has 0 bridgehead atoms. The van der Waals surface area contributed by atoms with Gasteiger partial charge in [0.15, 0.2) is 5.17 Å². The highest BCUT2D eigenvalue weighted by molar-refractivity contribution is 8.18. The monoisotopic (exact) mass is 367 g/mol. The number of aliphatic hydroxyl groups is 1. The predicted molar refractivity (Wildman–Crippen MR) is 109 cm³/mol. The van der Waals surface area contributed by atoms with Gasteiger partial charge in [0, 0.05) is 19.8 Å². The van der Waals surface area contributed by atoms with Crippen molar-refractivity contribution in [3.63, 3.8) is 0 Å². The van der Waals surface area contributed by atoms with Gasteiger partial charge in [-0.25, -0.2) is 4.99 Å². The molecule has 0 atom stereocenters. The molecular weight excluding hydrogens is 346 g/mol. The van der Waals surface area contributed by atoms with Crippen LogP contribution in [-0.4, -0.2) is 48.3 Å². The third kappa shape index (κ3) is 4.15. The molecule has 1 saturated heterocycles. The first-order chi connectivity index (χ1) is 12.6. The number of hydrogen-bond acceptors (Lipinski definition) is 5. The van der Waals surface area contributed by atoms with Gasteiger partial charge in [0.2, 0.25) is 0 Å². The van der Waals surface area contributed by atoms with Gasteiger partial charge in [-0.3, -0.25) is 9.69 Å². The second kappa shape index (κ2) is 8.21. The number of amides is 1. The molecule has 0 aromatic heterocycles. The van der Waals surface area contributed by atoms with Crippen molar-refractivity contribution in [2.45, 2.75) is 0 Å². The maximum absolute atomic E-state index is 12.7. The maximum Gasteiger partial charge on any atom is 0.266 e. The second-order valence-electron chi connectivity index (χ2n) is 6.01. The van der Waals surface area contributed by atoms with Gasteiger partial charge >= 0.3 is 0 Å². The van der Waals surface area contributed by atoms with Gasteiger partial charge in [-0.2, -0.15) is 0 Å². The van der Waals surface area contributed by atoms with Crippen LogP contribution in [0.3, 0.4) is 0 Å². The third-order valence-corrected chi connectivity index (χ3v) is 4.91. The molecule has 1 aliphatic rings. The summed E-state index contributed by atoms with van der Waals surface area (Å²) in [5.41, 5.74) is 2.84. The number of carbonyl (C=O) groups is 1. The van der Waals surface area contributed by atoms with Gasteiger partial charge < -0.3 is 10.0 Å². The smallest absolute Gasteiger partial charge is 0.266 e. The Labute approximate surface area is 157 Å². The maximum atomic E-state index is 12.7. The van der Waals surface area contributed by atoms with Crippen molar-refractivity contribution in [3.05, 3.63) is 65.1 Å². The predicted octanol–water partition coefficient (Wildman–Crippen LogP) is 3.35. The Kier molecular flexibility index (Phi) is 5.75. The van der Waals surface area contributed by atoms with Crippen LogP contribution in [0.25, 0.3) is 6.08 Å². The van der Waals surface area contributed by atoms with E-state index in [4.69, 9.17) is 0 Å². The molecule has 5 nitrogen and oxygen atoms in total. The summed E-state index contributed by atoms with van der Waals surface area (Å²) in [7, 11) is 3.98. The molecule has 0 aliphatic carbocycles. The number of hydrogen-bond donors (Lipinski definition) is 1. The van der Waals surface area contributed by atoms with Crippen molar-refractivity contribution in [2.24, 2.45) is 4.99 Å². The van der Waals surface area contributed by atoms with Crippen LogP contribution in [0.2, 0.25) is 0 Å². The zero-order valence-electron chi connectivity index (χ0n) is 14.8. The Hall–Kier alpha value is -2.57. The van der Waals surface area contributed by atoms with E-state index in [0.717, 1.165) is 16.9 Å². The SMILES string of the molecule is CN(C)c1ccc(C=C2SC(=Nc3ccccc3)N(CCO)C2=O)cc1. The van der Waals surface area contributed by atoms with Crippen molar-refractivity contribution >= 4 is 40.3 Å². The van der Waals surface area contributed by atoms with Crippen molar-refractivity contribution in [1.29, 1.82) is 0 Å². The number of para-hydroxylation sites is 1. The number of aliphatic imine (C=N–C) groups is 1. The number of aliphatic hydroxyl groups excluding tert-OH is 1. The first-order valence-electron chi connectivity index (χ1n) is 8.32. The minimum atomic E-state index is -0.129. The minimum absolute atomic E-state index is 0.106. The lowest BCUT2D eigenvalue weighted by atomic mass is 10.2. The Morgan fingerprint density at radius 1 is 1.12 bits per heavy atom. The Bertz CT molecular complexity index is 830. The lowest BCUT2D eigenvalue weighted by Crippen LogP contribution is -2.31. The molecule has 0 radical (unpaired) electrons. The number of rotatable bonds is 5. The molecule has 2 aromatic carbocycles. The van der Waals surface area contributed by atoms with E-state index in [-0.39, 0.29) is 19.1 Å². The molecule has 1 N–H and O–H groups in total. The summed E-state index contributed by atoms with van der Waals surface area (Å²) in [6.07, 6.45) is 1.87. The lowest BCUT2D eigenvalue weighted by molar-refractivity contribution is -0.122. The minimum Gasteiger partial charge on any atom is -0.395 e. The zero-order valence-corrected chi connectivity index (χ0v) is 15.6. The summed E-state index contributed by atoms with van der Waals surface area (Å²) < 4.78 is 0. The molecule has 0 saturated carbocycles. The van der Waals surface area contributed by atoms with Gasteiger partial charge in [-0.05, 0) is 47.7 Å². The Morgan fingerprint density at radius 3 is 2.42 bits per heavy atom. The van der Waals surface area contributed by atoms with Crippen molar-refractivity contribution in [2.75, 3.05) is 32.1 Å². The quantitative estimate of drug-likeness (QED) is 0.824. The van der Waals surface area contributed by atoms with Crippen LogP contribution in [0.4, 0.5) is 11.4 Å². The van der Waals surface area contributed by atoms with Crippen LogP contribution in [0.1, 0.15) is 5.56 Å². The van der Waals surface area contributed by atoms with E-state index >= 15 is 0 Å². The molecule has 0 spiro atoms. The van der Waals surface area contributed by atoms with E-state index in [2.05, 4.69) is 4.99 Å². The van der Waals surface area contributed by atoms with Crippen LogP contribution in [0.5, 0.6) is 0 Å². The van der Waals surface area contributed by atoms with Crippen LogP contribution in [0, 0.1) is 0 Å². The topological polar surface area (TPSA) is 56.1 Å². The second-order valence-corrected chi connectivity index (χ2v) is 7.02. The Balaban J connectivity index is 1.89. The van der Waals surface area contributed by atoms with Gasteiger partial charge in [-0.1, -0.05) is 30.3 Å². The van der Waals surface area contributed by atoms with Crippen molar-refractivity contribution in [1.82, 2.24) is 4.90 Å². The highest BCUT2D eigenvalue weighted by Crippen LogP contribution is 2.34. The fourth-order valence-electron chi connectivity index (χ4n) is 2.52. The first kappa shape index (κ1) is 18.2. The van der Waals surface area contributed by atoms with Gasteiger partial charge in [0.1, 0.15) is 0 Å². The molecular formula is C20H21N3O2S. The highest BCUT2D eigenvalue weighted by atomic mass is 32.2. The summed E-state index contributed by atoms with van der Waals surface area (Å²) in [4.78, 5) is 21.4. The van der Waals surface area contributed by atoms with E-state index in [1.54, 1.807) is 0 Å². The normalized spacial score (nSPS) is 17.3. The summed E-state index contributed by atoms with van der Waals surface area (Å²) in [6, 6.07) is 17.5. The molecule has 1 amide bonds. The summed E-state index contributed by atoms with van der Waals surface area (Å²) >= 11 is 1.33. The van der Waals surface area contributed by atoms with Gasteiger partial charge in [0.25, 0.3) is 5.91 Å². The number of nitrogens with zero attached hydrogens (tertiary/aromatic N) is 3. The molecule has 0 unspecified atom stereocenters. The van der Waals surface area contributed by atoms with Gasteiger partial charge in [0.05, 0.1) is 23.7 Å². The average Bonchev–Trinajstić information content (AvgIpc) is 2.92. The largest absolute Gasteiger partial charge is 0.395 e. The van der Waals surface area contributed by atoms with E-state index in [0.29, 0.717) is 10.1 Å². The van der Waals surface area contributed by atoms with Crippen LogP contribution >= 0.6 is 11.8 Å². The third-order valence-electron chi connectivity index (χ3n) is 3.90. The van der Waals surface area contributed by atoms with E-state index in [9.17, 15) is 9.90 Å². The van der Waals surface area contributed by atoms with E-state index in [1.165, 1.54) is 16.7 Å². The molecule has 2 aromatic rings. The lowest BCUT2D eigenvalue weighted by Gasteiger charge is -2.13. The number of anilines is 1. The van der Waals surface area contributed by atoms with Gasteiger partial charge in [-0.15, -0.1) is 0 Å². The number of benzene rings is 2. The fourth-order valence-corrected chi connectivity index (χ4v) is 3.55. The molecule has 6 heteroatoms. The number of thioether (sulfide) groups is 1. The molecule has 1 aliphatic heterocycles. The summed E-state index contributed by atoms with van der Waals surface area (Å²) in [6.45, 7) is 0.124.